The van der Waals surface area contributed by atoms with Crippen LogP contribution in [0.25, 0.3) is 0 Å². The molecule has 0 amide bonds. The van der Waals surface area contributed by atoms with Crippen LogP contribution >= 0.6 is 15.9 Å². The minimum Gasteiger partial charge on any atom is -0.197 e. The number of nitriles is 1. The number of hydrogen-bond donors (Lipinski definition) is 0. The second-order valence-corrected chi connectivity index (χ2v) is 4.76. The summed E-state index contributed by atoms with van der Waals surface area (Å²) in [4.78, 5) is 0. The Labute approximate surface area is 64.2 Å². The fourth-order valence-corrected chi connectivity index (χ4v) is 1.19. The lowest BCUT2D eigenvalue weighted by atomic mass is 9.94. The van der Waals surface area contributed by atoms with Crippen molar-refractivity contribution in [1.29, 1.82) is 5.26 Å². The van der Waals surface area contributed by atoms with Crippen LogP contribution in [0.15, 0.2) is 0 Å². The van der Waals surface area contributed by atoms with Crippen LogP contribution in [0.3, 0.4) is 0 Å². The topological polar surface area (TPSA) is 23.8 Å². The summed E-state index contributed by atoms with van der Waals surface area (Å²) < 4.78 is -0.292. The van der Waals surface area contributed by atoms with Gasteiger partial charge in [-0.3, -0.25) is 0 Å². The Morgan fingerprint density at radius 2 is 2.11 bits per heavy atom. The number of rotatable bonds is 1. The predicted molar refractivity (Wildman–Crippen MR) is 40.3 cm³/mol. The maximum Gasteiger partial charge on any atom is 0.114 e. The van der Waals surface area contributed by atoms with E-state index in [1.807, 2.05) is 6.92 Å². The monoisotopic (exact) mass is 187 g/mol. The Balaban J connectivity index is 2.73. The Morgan fingerprint density at radius 3 is 2.22 bits per heavy atom. The first kappa shape index (κ1) is 7.08. The summed E-state index contributed by atoms with van der Waals surface area (Å²) >= 11 is 3.40. The van der Waals surface area contributed by atoms with Crippen molar-refractivity contribution in [2.45, 2.75) is 31.0 Å². The van der Waals surface area contributed by atoms with E-state index < -0.39 is 0 Å². The summed E-state index contributed by atoms with van der Waals surface area (Å²) in [6.07, 6.45) is 2.37. The SMILES string of the molecule is CC(Br)(C#N)C1(C)CC1. The van der Waals surface area contributed by atoms with Crippen LogP contribution in [0.1, 0.15) is 26.7 Å². The van der Waals surface area contributed by atoms with Gasteiger partial charge in [0, 0.05) is 0 Å². The zero-order chi connectivity index (χ0) is 7.12. The summed E-state index contributed by atoms with van der Waals surface area (Å²) in [5.74, 6) is 0. The van der Waals surface area contributed by atoms with Gasteiger partial charge < -0.3 is 0 Å². The Bertz CT molecular complexity index is 162. The van der Waals surface area contributed by atoms with Crippen LogP contribution in [-0.2, 0) is 0 Å². The van der Waals surface area contributed by atoms with Crippen molar-refractivity contribution in [2.24, 2.45) is 5.41 Å². The van der Waals surface area contributed by atoms with E-state index in [1.165, 1.54) is 12.8 Å². The number of alkyl halides is 1. The van der Waals surface area contributed by atoms with Crippen molar-refractivity contribution in [1.82, 2.24) is 0 Å². The molecule has 0 saturated heterocycles. The fraction of sp³-hybridized carbons (Fsp3) is 0.857. The molecule has 1 aliphatic rings. The summed E-state index contributed by atoms with van der Waals surface area (Å²) in [5.41, 5.74) is 0.252. The molecule has 0 radical (unpaired) electrons. The van der Waals surface area contributed by atoms with Crippen LogP contribution in [0.2, 0.25) is 0 Å². The largest absolute Gasteiger partial charge is 0.197 e. The molecule has 0 heterocycles. The van der Waals surface area contributed by atoms with Crippen molar-refractivity contribution in [3.8, 4) is 6.07 Å². The lowest BCUT2D eigenvalue weighted by molar-refractivity contribution is 0.498. The Morgan fingerprint density at radius 1 is 1.67 bits per heavy atom. The van der Waals surface area contributed by atoms with Gasteiger partial charge in [0.25, 0.3) is 0 Å². The Kier molecular flexibility index (Phi) is 1.36. The van der Waals surface area contributed by atoms with E-state index >= 15 is 0 Å². The molecule has 0 aromatic heterocycles. The minimum atomic E-state index is -0.292. The molecule has 1 nitrogen and oxygen atoms in total. The van der Waals surface area contributed by atoms with E-state index in [-0.39, 0.29) is 9.74 Å². The average molecular weight is 188 g/mol. The van der Waals surface area contributed by atoms with Gasteiger partial charge in [0.15, 0.2) is 0 Å². The molecule has 0 aliphatic heterocycles. The number of halogens is 1. The first-order valence-electron chi connectivity index (χ1n) is 3.12. The second-order valence-electron chi connectivity index (χ2n) is 3.18. The van der Waals surface area contributed by atoms with Gasteiger partial charge in [-0.15, -0.1) is 0 Å². The molecule has 1 fully saturated rings. The summed E-state index contributed by atoms with van der Waals surface area (Å²) in [5, 5.41) is 8.67. The highest BCUT2D eigenvalue weighted by atomic mass is 79.9. The lowest BCUT2D eigenvalue weighted by Gasteiger charge is -2.20. The normalized spacial score (nSPS) is 28.2. The van der Waals surface area contributed by atoms with E-state index in [4.69, 9.17) is 5.26 Å². The van der Waals surface area contributed by atoms with Gasteiger partial charge in [0.1, 0.15) is 4.32 Å². The molecule has 1 atom stereocenters. The van der Waals surface area contributed by atoms with Gasteiger partial charge in [-0.2, -0.15) is 5.26 Å². The zero-order valence-electron chi connectivity index (χ0n) is 5.74. The zero-order valence-corrected chi connectivity index (χ0v) is 7.33. The molecule has 0 bridgehead atoms. The van der Waals surface area contributed by atoms with Crippen molar-refractivity contribution >= 4 is 15.9 Å². The summed E-state index contributed by atoms with van der Waals surface area (Å²) in [6, 6.07) is 2.26. The minimum absolute atomic E-state index is 0.252. The molecule has 50 valence electrons. The molecule has 1 aliphatic carbocycles. The van der Waals surface area contributed by atoms with E-state index in [2.05, 4.69) is 28.9 Å². The first-order chi connectivity index (χ1) is 4.02. The smallest absolute Gasteiger partial charge is 0.114 e. The number of hydrogen-bond acceptors (Lipinski definition) is 1. The third-order valence-corrected chi connectivity index (χ3v) is 3.48. The van der Waals surface area contributed by atoms with Crippen molar-refractivity contribution in [2.75, 3.05) is 0 Å². The summed E-state index contributed by atoms with van der Waals surface area (Å²) in [6.45, 7) is 4.09. The molecule has 1 unspecified atom stereocenters. The molecule has 1 saturated carbocycles. The third-order valence-electron chi connectivity index (χ3n) is 2.34. The molecule has 0 N–H and O–H groups in total. The maximum atomic E-state index is 8.67. The van der Waals surface area contributed by atoms with Gasteiger partial charge in [0.05, 0.1) is 6.07 Å². The van der Waals surface area contributed by atoms with E-state index in [0.717, 1.165) is 0 Å². The van der Waals surface area contributed by atoms with E-state index in [1.54, 1.807) is 0 Å². The van der Waals surface area contributed by atoms with Gasteiger partial charge in [0.2, 0.25) is 0 Å². The van der Waals surface area contributed by atoms with E-state index in [0.29, 0.717) is 0 Å². The van der Waals surface area contributed by atoms with Crippen LogP contribution in [-0.4, -0.2) is 4.32 Å². The maximum absolute atomic E-state index is 8.67. The van der Waals surface area contributed by atoms with Crippen molar-refractivity contribution < 1.29 is 0 Å². The predicted octanol–water partition coefficient (Wildman–Crippen LogP) is 2.46. The van der Waals surface area contributed by atoms with Crippen LogP contribution in [0, 0.1) is 16.7 Å². The van der Waals surface area contributed by atoms with Crippen molar-refractivity contribution in [3.05, 3.63) is 0 Å². The highest BCUT2D eigenvalue weighted by Crippen LogP contribution is 2.56. The standard InChI is InChI=1S/C7H10BrN/c1-6(3-4-6)7(2,8)5-9/h3-4H2,1-2H3. The molecular weight excluding hydrogens is 178 g/mol. The fourth-order valence-electron chi connectivity index (χ4n) is 0.792. The summed E-state index contributed by atoms with van der Waals surface area (Å²) in [7, 11) is 0. The van der Waals surface area contributed by atoms with Crippen LogP contribution < -0.4 is 0 Å². The van der Waals surface area contributed by atoms with Crippen LogP contribution in [0.5, 0.6) is 0 Å². The van der Waals surface area contributed by atoms with Crippen LogP contribution in [0.4, 0.5) is 0 Å². The molecule has 0 aromatic carbocycles. The Hall–Kier alpha value is -0.0300. The second kappa shape index (κ2) is 1.73. The van der Waals surface area contributed by atoms with E-state index in [9.17, 15) is 0 Å². The van der Waals surface area contributed by atoms with Gasteiger partial charge >= 0.3 is 0 Å². The molecule has 2 heteroatoms. The molecule has 0 spiro atoms. The van der Waals surface area contributed by atoms with Gasteiger partial charge in [-0.1, -0.05) is 22.9 Å². The number of nitrogens with zero attached hydrogens (tertiary/aromatic N) is 1. The van der Waals surface area contributed by atoms with Crippen molar-refractivity contribution in [3.63, 3.8) is 0 Å². The van der Waals surface area contributed by atoms with Gasteiger partial charge in [-0.05, 0) is 25.2 Å². The molecule has 9 heavy (non-hydrogen) atoms. The highest BCUT2D eigenvalue weighted by molar-refractivity contribution is 9.10. The first-order valence-corrected chi connectivity index (χ1v) is 3.91. The quantitative estimate of drug-likeness (QED) is 0.580. The lowest BCUT2D eigenvalue weighted by Crippen LogP contribution is -2.24. The van der Waals surface area contributed by atoms with Gasteiger partial charge in [-0.25, -0.2) is 0 Å². The highest BCUT2D eigenvalue weighted by Gasteiger charge is 2.52. The third kappa shape index (κ3) is 0.986. The molecule has 1 rings (SSSR count). The molecular formula is C7H10BrN. The average Bonchev–Trinajstić information content (AvgIpc) is 2.49. The molecule has 0 aromatic rings.